The average Bonchev–Trinajstić information content (AvgIpc) is 2.32. The maximum Gasteiger partial charge on any atom is 0.245 e. The summed E-state index contributed by atoms with van der Waals surface area (Å²) in [6, 6.07) is 4.01. The summed E-state index contributed by atoms with van der Waals surface area (Å²) >= 11 is 5.60. The molecule has 0 amide bonds. The van der Waals surface area contributed by atoms with E-state index in [0.717, 1.165) is 19.3 Å². The Morgan fingerprint density at radius 1 is 1.42 bits per heavy atom. The summed E-state index contributed by atoms with van der Waals surface area (Å²) in [7, 11) is -2.25. The highest BCUT2D eigenvalue weighted by atomic mass is 35.5. The molecule has 106 valence electrons. The van der Waals surface area contributed by atoms with Crippen LogP contribution in [0.15, 0.2) is 23.1 Å². The third kappa shape index (κ3) is 3.09. The Hall–Kier alpha value is -0.650. The fraction of sp³-hybridized carbons (Fsp3) is 0.538. The van der Waals surface area contributed by atoms with Gasteiger partial charge in [0, 0.05) is 19.5 Å². The van der Waals surface area contributed by atoms with Gasteiger partial charge in [-0.2, -0.15) is 0 Å². The molecule has 0 aromatic heterocycles. The highest BCUT2D eigenvalue weighted by molar-refractivity contribution is 7.89. The van der Waals surface area contributed by atoms with Crippen LogP contribution in [0.1, 0.15) is 24.8 Å². The Labute approximate surface area is 118 Å². The van der Waals surface area contributed by atoms with E-state index in [1.54, 1.807) is 6.07 Å². The Balaban J connectivity index is 2.22. The van der Waals surface area contributed by atoms with Gasteiger partial charge in [0.05, 0.1) is 0 Å². The first-order chi connectivity index (χ1) is 8.95. The van der Waals surface area contributed by atoms with Crippen LogP contribution in [0.5, 0.6) is 0 Å². The molecule has 0 unspecified atom stereocenters. The molecule has 0 heterocycles. The van der Waals surface area contributed by atoms with Gasteiger partial charge in [-0.1, -0.05) is 12.5 Å². The second kappa shape index (κ2) is 5.77. The van der Waals surface area contributed by atoms with Gasteiger partial charge in [-0.15, -0.1) is 11.6 Å². The van der Waals surface area contributed by atoms with Crippen molar-refractivity contribution in [3.63, 3.8) is 0 Å². The van der Waals surface area contributed by atoms with Gasteiger partial charge < -0.3 is 0 Å². The zero-order valence-corrected chi connectivity index (χ0v) is 12.3. The quantitative estimate of drug-likeness (QED) is 0.784. The van der Waals surface area contributed by atoms with Gasteiger partial charge in [0.1, 0.15) is 10.7 Å². The molecule has 1 saturated carbocycles. The third-order valence-electron chi connectivity index (χ3n) is 3.58. The van der Waals surface area contributed by atoms with Crippen LogP contribution in [0.25, 0.3) is 0 Å². The molecule has 0 aliphatic heterocycles. The van der Waals surface area contributed by atoms with Gasteiger partial charge in [0.2, 0.25) is 10.0 Å². The first-order valence-corrected chi connectivity index (χ1v) is 8.23. The molecule has 2 rings (SSSR count). The van der Waals surface area contributed by atoms with Crippen LogP contribution in [0, 0.1) is 11.7 Å². The maximum atomic E-state index is 13.9. The van der Waals surface area contributed by atoms with Crippen molar-refractivity contribution in [1.29, 1.82) is 0 Å². The predicted molar refractivity (Wildman–Crippen MR) is 73.1 cm³/mol. The molecule has 1 aliphatic carbocycles. The number of sulfonamides is 1. The second-order valence-corrected chi connectivity index (χ2v) is 7.26. The van der Waals surface area contributed by atoms with Crippen LogP contribution in [0.2, 0.25) is 0 Å². The van der Waals surface area contributed by atoms with Gasteiger partial charge in [0.15, 0.2) is 0 Å². The lowest BCUT2D eigenvalue weighted by atomic mass is 9.86. The Morgan fingerprint density at radius 3 is 2.58 bits per heavy atom. The van der Waals surface area contributed by atoms with Gasteiger partial charge >= 0.3 is 0 Å². The van der Waals surface area contributed by atoms with E-state index >= 15 is 0 Å². The minimum absolute atomic E-state index is 0.162. The molecule has 1 aromatic rings. The van der Waals surface area contributed by atoms with Crippen molar-refractivity contribution < 1.29 is 12.8 Å². The number of nitrogens with zero attached hydrogens (tertiary/aromatic N) is 1. The maximum absolute atomic E-state index is 13.9. The Bertz CT molecular complexity index is 558. The van der Waals surface area contributed by atoms with E-state index < -0.39 is 15.8 Å². The zero-order valence-electron chi connectivity index (χ0n) is 10.8. The fourth-order valence-corrected chi connectivity index (χ4v) is 3.60. The van der Waals surface area contributed by atoms with Crippen molar-refractivity contribution in [2.45, 2.75) is 30.0 Å². The lowest BCUT2D eigenvalue weighted by Crippen LogP contribution is -2.34. The smallest absolute Gasteiger partial charge is 0.207 e. The molecule has 0 saturated heterocycles. The lowest BCUT2D eigenvalue weighted by Gasteiger charge is -2.29. The first-order valence-electron chi connectivity index (χ1n) is 6.26. The number of alkyl halides is 1. The number of halogens is 2. The number of hydrogen-bond donors (Lipinski definition) is 0. The number of rotatable bonds is 5. The normalized spacial score (nSPS) is 16.6. The zero-order chi connectivity index (χ0) is 14.0. The summed E-state index contributed by atoms with van der Waals surface area (Å²) in [5.74, 6) is -0.168. The minimum atomic E-state index is -3.75. The van der Waals surface area contributed by atoms with E-state index in [9.17, 15) is 12.8 Å². The highest BCUT2D eigenvalue weighted by Crippen LogP contribution is 2.29. The number of benzene rings is 1. The van der Waals surface area contributed by atoms with E-state index in [1.165, 1.54) is 23.5 Å². The summed E-state index contributed by atoms with van der Waals surface area (Å²) in [5.41, 5.74) is 0.569. The predicted octanol–water partition coefficient (Wildman–Crippen LogP) is 2.99. The summed E-state index contributed by atoms with van der Waals surface area (Å²) < 4.78 is 39.7. The molecule has 0 bridgehead atoms. The van der Waals surface area contributed by atoms with Crippen molar-refractivity contribution in [2.24, 2.45) is 5.92 Å². The Morgan fingerprint density at radius 2 is 2.11 bits per heavy atom. The SMILES string of the molecule is CN(CC1CCC1)S(=O)(=O)c1ccc(CCl)cc1F. The summed E-state index contributed by atoms with van der Waals surface area (Å²) in [5, 5.41) is 0. The van der Waals surface area contributed by atoms with Crippen LogP contribution in [0.4, 0.5) is 4.39 Å². The van der Waals surface area contributed by atoms with E-state index in [1.807, 2.05) is 0 Å². The topological polar surface area (TPSA) is 37.4 Å². The molecule has 1 fully saturated rings. The summed E-state index contributed by atoms with van der Waals surface area (Å²) in [6.07, 6.45) is 3.25. The van der Waals surface area contributed by atoms with Gasteiger partial charge in [-0.25, -0.2) is 17.1 Å². The summed E-state index contributed by atoms with van der Waals surface area (Å²) in [4.78, 5) is -0.275. The van der Waals surface area contributed by atoms with Crippen LogP contribution in [-0.2, 0) is 15.9 Å². The largest absolute Gasteiger partial charge is 0.245 e. The standard InChI is InChI=1S/C13H17ClFNO2S/c1-16(9-10-3-2-4-10)19(17,18)13-6-5-11(8-14)7-12(13)15/h5-7,10H,2-4,8-9H2,1H3. The molecular weight excluding hydrogens is 289 g/mol. The van der Waals surface area contributed by atoms with E-state index in [-0.39, 0.29) is 10.8 Å². The number of hydrogen-bond acceptors (Lipinski definition) is 2. The van der Waals surface area contributed by atoms with Crippen molar-refractivity contribution >= 4 is 21.6 Å². The van der Waals surface area contributed by atoms with E-state index in [2.05, 4.69) is 0 Å². The summed E-state index contributed by atoms with van der Waals surface area (Å²) in [6.45, 7) is 0.457. The molecule has 1 aliphatic rings. The lowest BCUT2D eigenvalue weighted by molar-refractivity contribution is 0.262. The van der Waals surface area contributed by atoms with Crippen molar-refractivity contribution in [2.75, 3.05) is 13.6 Å². The van der Waals surface area contributed by atoms with Gasteiger partial charge in [0.25, 0.3) is 0 Å². The minimum Gasteiger partial charge on any atom is -0.207 e. The molecule has 0 atom stereocenters. The van der Waals surface area contributed by atoms with Gasteiger partial charge in [-0.3, -0.25) is 0 Å². The van der Waals surface area contributed by atoms with E-state index in [4.69, 9.17) is 11.6 Å². The molecule has 6 heteroatoms. The van der Waals surface area contributed by atoms with Crippen molar-refractivity contribution in [1.82, 2.24) is 4.31 Å². The highest BCUT2D eigenvalue weighted by Gasteiger charge is 2.28. The molecule has 0 radical (unpaired) electrons. The third-order valence-corrected chi connectivity index (χ3v) is 5.74. The molecule has 0 spiro atoms. The first kappa shape index (κ1) is 14.8. The average molecular weight is 306 g/mol. The van der Waals surface area contributed by atoms with Crippen LogP contribution < -0.4 is 0 Å². The van der Waals surface area contributed by atoms with Gasteiger partial charge in [-0.05, 0) is 36.5 Å². The molecule has 3 nitrogen and oxygen atoms in total. The molecule has 1 aromatic carbocycles. The second-order valence-electron chi connectivity index (χ2n) is 4.98. The van der Waals surface area contributed by atoms with Crippen molar-refractivity contribution in [3.05, 3.63) is 29.6 Å². The molecular formula is C13H17ClFNO2S. The van der Waals surface area contributed by atoms with Crippen LogP contribution in [-0.4, -0.2) is 26.3 Å². The Kier molecular flexibility index (Phi) is 4.48. The van der Waals surface area contributed by atoms with Crippen molar-refractivity contribution in [3.8, 4) is 0 Å². The molecule has 19 heavy (non-hydrogen) atoms. The van der Waals surface area contributed by atoms with Crippen LogP contribution in [0.3, 0.4) is 0 Å². The van der Waals surface area contributed by atoms with E-state index in [0.29, 0.717) is 18.0 Å². The monoisotopic (exact) mass is 305 g/mol. The molecule has 0 N–H and O–H groups in total. The van der Waals surface area contributed by atoms with Crippen LogP contribution >= 0.6 is 11.6 Å². The fourth-order valence-electron chi connectivity index (χ4n) is 2.14.